The van der Waals surface area contributed by atoms with Gasteiger partial charge in [0, 0.05) is 6.20 Å². The molecule has 190 valence electrons. The van der Waals surface area contributed by atoms with Crippen molar-refractivity contribution in [3.63, 3.8) is 0 Å². The number of benzene rings is 2. The molecular formula is C32H42BNO2. The minimum Gasteiger partial charge on any atom is -0.399 e. The molecule has 1 aliphatic heterocycles. The summed E-state index contributed by atoms with van der Waals surface area (Å²) in [5.41, 5.74) is 8.09. The average molecular weight is 484 g/mol. The highest BCUT2D eigenvalue weighted by molar-refractivity contribution is 6.62. The van der Waals surface area contributed by atoms with Gasteiger partial charge < -0.3 is 9.31 Å². The third kappa shape index (κ3) is 4.78. The molecule has 1 fully saturated rings. The Balaban J connectivity index is 1.88. The van der Waals surface area contributed by atoms with Gasteiger partial charge in [0.25, 0.3) is 0 Å². The summed E-state index contributed by atoms with van der Waals surface area (Å²) in [6, 6.07) is 13.7. The van der Waals surface area contributed by atoms with E-state index in [1.165, 1.54) is 35.1 Å². The van der Waals surface area contributed by atoms with E-state index < -0.39 is 18.3 Å². The van der Waals surface area contributed by atoms with Gasteiger partial charge >= 0.3 is 7.12 Å². The van der Waals surface area contributed by atoms with Crippen molar-refractivity contribution < 1.29 is 9.31 Å². The van der Waals surface area contributed by atoms with Gasteiger partial charge in [0.1, 0.15) is 0 Å². The maximum Gasteiger partial charge on any atom is 0.494 e. The largest absolute Gasteiger partial charge is 0.494 e. The van der Waals surface area contributed by atoms with Crippen LogP contribution in [0.15, 0.2) is 59.7 Å². The first kappa shape index (κ1) is 26.6. The van der Waals surface area contributed by atoms with E-state index in [0.717, 1.165) is 16.6 Å². The predicted molar refractivity (Wildman–Crippen MR) is 155 cm³/mol. The first-order valence-corrected chi connectivity index (χ1v) is 13.2. The lowest BCUT2D eigenvalue weighted by atomic mass is 9.63. The van der Waals surface area contributed by atoms with Crippen LogP contribution >= 0.6 is 0 Å². The van der Waals surface area contributed by atoms with Crippen molar-refractivity contribution in [3.05, 3.63) is 71.4 Å². The van der Waals surface area contributed by atoms with Crippen LogP contribution in [0.2, 0.25) is 0 Å². The Hall–Kier alpha value is -2.43. The lowest BCUT2D eigenvalue weighted by Gasteiger charge is -2.42. The van der Waals surface area contributed by atoms with Crippen molar-refractivity contribution in [3.8, 4) is 11.1 Å². The Morgan fingerprint density at radius 3 is 2.03 bits per heavy atom. The highest BCUT2D eigenvalue weighted by Crippen LogP contribution is 2.47. The third-order valence-electron chi connectivity index (χ3n) is 8.67. The molecule has 0 amide bonds. The second-order valence-corrected chi connectivity index (χ2v) is 12.7. The van der Waals surface area contributed by atoms with E-state index in [1.807, 2.05) is 13.0 Å². The number of hydrogen-bond acceptors (Lipinski definition) is 3. The van der Waals surface area contributed by atoms with Crippen molar-refractivity contribution >= 4 is 24.9 Å². The van der Waals surface area contributed by atoms with E-state index in [0.29, 0.717) is 0 Å². The van der Waals surface area contributed by atoms with Gasteiger partial charge in [-0.25, -0.2) is 0 Å². The van der Waals surface area contributed by atoms with Gasteiger partial charge in [-0.2, -0.15) is 0 Å². The normalized spacial score (nSPS) is 22.0. The molecule has 0 radical (unpaired) electrons. The van der Waals surface area contributed by atoms with E-state index in [-0.39, 0.29) is 10.8 Å². The molecule has 0 atom stereocenters. The summed E-state index contributed by atoms with van der Waals surface area (Å²) in [4.78, 5) is 3.92. The maximum absolute atomic E-state index is 6.45. The zero-order valence-corrected chi connectivity index (χ0v) is 23.7. The van der Waals surface area contributed by atoms with Crippen LogP contribution in [-0.2, 0) is 20.1 Å². The summed E-state index contributed by atoms with van der Waals surface area (Å²) in [6.45, 7) is 23.5. The summed E-state index contributed by atoms with van der Waals surface area (Å²) in [5.74, 6) is 0. The van der Waals surface area contributed by atoms with Crippen LogP contribution in [0.1, 0.15) is 91.8 Å². The quantitative estimate of drug-likeness (QED) is 0.249. The maximum atomic E-state index is 6.45. The number of fused-ring (bicyclic) bond motifs is 1. The fraction of sp³-hybridized carbons (Fsp3) is 0.469. The molecule has 0 aromatic heterocycles. The zero-order valence-electron chi connectivity index (χ0n) is 23.7. The van der Waals surface area contributed by atoms with E-state index in [9.17, 15) is 0 Å². The Morgan fingerprint density at radius 1 is 0.833 bits per heavy atom. The van der Waals surface area contributed by atoms with Crippen molar-refractivity contribution in [2.45, 2.75) is 97.2 Å². The van der Waals surface area contributed by atoms with Crippen LogP contribution in [0.25, 0.3) is 16.7 Å². The Labute approximate surface area is 218 Å². The van der Waals surface area contributed by atoms with E-state index in [4.69, 9.17) is 9.31 Å². The summed E-state index contributed by atoms with van der Waals surface area (Å²) in [7, 11) is -0.429. The molecule has 2 aromatic rings. The van der Waals surface area contributed by atoms with Crippen LogP contribution in [0.4, 0.5) is 0 Å². The second kappa shape index (κ2) is 9.15. The van der Waals surface area contributed by atoms with Crippen LogP contribution in [0.5, 0.6) is 0 Å². The third-order valence-corrected chi connectivity index (χ3v) is 8.67. The SMILES string of the molecule is C=N/C=C\C(=C/C)c1cc(B2OC(C)(C)C(C)(C)O2)cc(-c2ccc3c(c2)C(C)(C)CCC3(C)C)c1. The van der Waals surface area contributed by atoms with Crippen LogP contribution in [0.3, 0.4) is 0 Å². The minimum atomic E-state index is -0.429. The lowest BCUT2D eigenvalue weighted by molar-refractivity contribution is 0.00578. The van der Waals surface area contributed by atoms with Gasteiger partial charge in [-0.15, -0.1) is 0 Å². The van der Waals surface area contributed by atoms with Crippen molar-refractivity contribution in [2.75, 3.05) is 0 Å². The number of nitrogens with zero attached hydrogens (tertiary/aromatic N) is 1. The predicted octanol–water partition coefficient (Wildman–Crippen LogP) is 7.62. The molecule has 0 unspecified atom stereocenters. The van der Waals surface area contributed by atoms with Gasteiger partial charge in [-0.05, 0) is 116 Å². The molecule has 1 heterocycles. The van der Waals surface area contributed by atoms with Gasteiger partial charge in [0.2, 0.25) is 0 Å². The van der Waals surface area contributed by atoms with Gasteiger partial charge in [-0.1, -0.05) is 64.1 Å². The molecule has 36 heavy (non-hydrogen) atoms. The first-order chi connectivity index (χ1) is 16.7. The summed E-state index contributed by atoms with van der Waals surface area (Å²) in [6.07, 6.45) is 8.24. The highest BCUT2D eigenvalue weighted by atomic mass is 16.7. The molecule has 0 spiro atoms. The minimum absolute atomic E-state index is 0.153. The molecule has 0 N–H and O–H groups in total. The second-order valence-electron chi connectivity index (χ2n) is 12.7. The number of hydrogen-bond donors (Lipinski definition) is 0. The van der Waals surface area contributed by atoms with E-state index >= 15 is 0 Å². The zero-order chi connectivity index (χ0) is 26.5. The number of allylic oxidation sites excluding steroid dienone is 3. The van der Waals surface area contributed by atoms with Gasteiger partial charge in [0.15, 0.2) is 0 Å². The molecule has 1 saturated heterocycles. The fourth-order valence-electron chi connectivity index (χ4n) is 5.36. The Morgan fingerprint density at radius 2 is 1.44 bits per heavy atom. The van der Waals surface area contributed by atoms with Crippen molar-refractivity contribution in [1.29, 1.82) is 0 Å². The average Bonchev–Trinajstić information content (AvgIpc) is 3.04. The molecule has 4 rings (SSSR count). The summed E-state index contributed by atoms with van der Waals surface area (Å²) < 4.78 is 12.9. The van der Waals surface area contributed by atoms with E-state index in [1.54, 1.807) is 6.20 Å². The first-order valence-electron chi connectivity index (χ1n) is 13.2. The molecule has 3 nitrogen and oxygen atoms in total. The van der Waals surface area contributed by atoms with Crippen LogP contribution in [-0.4, -0.2) is 25.0 Å². The van der Waals surface area contributed by atoms with Crippen molar-refractivity contribution in [1.82, 2.24) is 0 Å². The molecule has 0 bridgehead atoms. The lowest BCUT2D eigenvalue weighted by Crippen LogP contribution is -2.41. The molecule has 0 saturated carbocycles. The highest BCUT2D eigenvalue weighted by Gasteiger charge is 2.51. The standard InChI is InChI=1S/C32H42BNO2/c1-11-22(14-17-34-10)24-18-25(20-26(19-24)33-35-31(6,7)32(8,9)36-33)23-12-13-27-28(21-23)30(4,5)16-15-29(27,2)3/h11-14,17-21H,10,15-16H2,1-9H3/b17-14-,22-11+. The van der Waals surface area contributed by atoms with Crippen LogP contribution in [0, 0.1) is 0 Å². The monoisotopic (exact) mass is 483 g/mol. The summed E-state index contributed by atoms with van der Waals surface area (Å²) in [5, 5.41) is 0. The fourth-order valence-corrected chi connectivity index (χ4v) is 5.36. The molecule has 4 heteroatoms. The molecule has 2 aliphatic rings. The van der Waals surface area contributed by atoms with Crippen molar-refractivity contribution in [2.24, 2.45) is 4.99 Å². The smallest absolute Gasteiger partial charge is 0.399 e. The molecular weight excluding hydrogens is 441 g/mol. The molecule has 2 aromatic carbocycles. The Kier molecular flexibility index (Phi) is 6.77. The van der Waals surface area contributed by atoms with Crippen LogP contribution < -0.4 is 5.46 Å². The topological polar surface area (TPSA) is 30.8 Å². The van der Waals surface area contributed by atoms with Gasteiger partial charge in [-0.3, -0.25) is 4.99 Å². The number of rotatable bonds is 5. The van der Waals surface area contributed by atoms with Gasteiger partial charge in [0.05, 0.1) is 11.2 Å². The summed E-state index contributed by atoms with van der Waals surface area (Å²) >= 11 is 0. The Bertz CT molecular complexity index is 1220. The number of aliphatic imine (C=N–C) groups is 1. The van der Waals surface area contributed by atoms with E-state index in [2.05, 4.69) is 110 Å². The molecule has 1 aliphatic carbocycles.